The molecule has 0 aromatic rings. The fraction of sp³-hybridized carbons (Fsp3) is 1.00. The molecule has 0 unspecified atom stereocenters. The van der Waals surface area contributed by atoms with Crippen molar-refractivity contribution in [3.8, 4) is 0 Å². The fourth-order valence-corrected chi connectivity index (χ4v) is 0. The van der Waals surface area contributed by atoms with Crippen molar-refractivity contribution >= 4 is 1220 Å². The predicted molar refractivity (Wildman–Crippen MR) is 226 cm³/mol. The first-order valence-electron chi connectivity index (χ1n) is 19.1. The van der Waals surface area contributed by atoms with Crippen LogP contribution in [0.2, 0.25) is 0 Å². The van der Waals surface area contributed by atoms with Gasteiger partial charge in [0.05, 0.1) is 0 Å². The van der Waals surface area contributed by atoms with Crippen LogP contribution in [-0.2, 0) is 1210 Å². The van der Waals surface area contributed by atoms with Crippen molar-refractivity contribution in [2.24, 2.45) is 0 Å². The Morgan fingerprint density at radius 1 is 0.154 bits per heavy atom. The number of nitrogens with one attached hydrogen (secondary N) is 1. The molecule has 0 saturated heterocycles. The largest absolute Gasteiger partial charge is 0 e. The molecular weight excluding hydrogens is 6500 g/mol. The maximum Gasteiger partial charge on any atom is 0 e. The molecule has 78 heavy (non-hydrogen) atoms. The summed E-state index contributed by atoms with van der Waals surface area (Å²) in [6, 6.07) is 0. The predicted octanol–water partition coefficient (Wildman–Crippen LogP) is -15.8. The second kappa shape index (κ2) is 518. The minimum atomic E-state index is 0. The van der Waals surface area contributed by atoms with E-state index in [2.05, 4.69) is 5.32 Å². The van der Waals surface area contributed by atoms with Gasteiger partial charge >= 0.3 is 1280 Å². The Morgan fingerprint density at radius 3 is 0.167 bits per heavy atom. The van der Waals surface area contributed by atoms with E-state index in [9.17, 15) is 0 Å². The van der Waals surface area contributed by atoms with Gasteiger partial charge in [-0.15, -0.1) is 0 Å². The van der Waals surface area contributed by atoms with E-state index >= 15 is 0 Å². The molecule has 173 valence electrons. The molecule has 0 saturated carbocycles. The molecule has 1 N–H and O–H groups in total. The molecule has 0 atom stereocenters. The summed E-state index contributed by atoms with van der Waals surface area (Å²) in [4.78, 5) is 0. The second-order valence-electron chi connectivity index (χ2n) is 0.474. The molecule has 0 amide bonds. The molecule has 37 radical (unpaired) electrons. The van der Waals surface area contributed by atoms with Crippen molar-refractivity contribution in [3.05, 3.63) is 11.1 Å². The van der Waals surface area contributed by atoms with E-state index in [1.165, 1.54) is 0 Å². The third-order valence-corrected chi connectivity index (χ3v) is 0.158. The summed E-state index contributed by atoms with van der Waals surface area (Å²) in [6.07, 6.45) is 0. The summed E-state index contributed by atoms with van der Waals surface area (Å²) in [7, 11) is 1.62. The van der Waals surface area contributed by atoms with E-state index in [1.54, 1.807) is 7.05 Å². The van der Waals surface area contributed by atoms with Crippen LogP contribution < -0.4 is 58.2 Å². The van der Waals surface area contributed by atoms with Gasteiger partial charge in [-0.05, 0) is 0 Å². The van der Waals surface area contributed by atoms with Crippen molar-refractivity contribution in [3.63, 3.8) is 0 Å². The smallest absolute Gasteiger partial charge is 0 e. The van der Waals surface area contributed by atoms with Gasteiger partial charge in [-0.1, -0.05) is 0 Å². The summed E-state index contributed by atoms with van der Waals surface area (Å²) >= 11 is 41.8. The zero-order valence-electron chi connectivity index (χ0n) is 61.0. The zero-order chi connectivity index (χ0) is 39.4. The summed E-state index contributed by atoms with van der Waals surface area (Å²) in [5, 5.41) is 3.40. The van der Waals surface area contributed by atoms with Gasteiger partial charge in [0.2, 0.25) is 0 Å². The third-order valence-electron chi connectivity index (χ3n) is 0.158. The molecular formula is C2H6N2Rb37Y37-. The molecule has 0 aromatic carbocycles. The molecule has 0 rings (SSSR count). The number of hydrogen-bond donors (Lipinski definition) is 0. The van der Waals surface area contributed by atoms with Crippen LogP contribution in [0.5, 0.6) is 0 Å². The average Bonchev–Trinajstić information content (AvgIpc) is 3.19. The van der Waals surface area contributed by atoms with Gasteiger partial charge in [0.1, 0.15) is 0 Å². The standard InChI is InChI=1S/C2H6N2.37Rb.37Y/c1-4-2-3;;;;;;;;;;;;;;;;;;;;;;;;;;;;;;;;;;;;;;;;;;;;;;;;;;;;;;;;;;;;;;;;;;;;;;;;;;/h3H,2H2,1H3;;;;;;;;;;;;;;;;;;;;;;;;;;;;;;;;;;;;;;;;;;;;;;;;;;;;;;;;;;;;;;;;;;;;;;;;;;/q-2;;;;;;;;;;;;;;;;;;;;;;;;;;;;;;;;;;;;;+1;;;;;;;;;;;;;;;;;;;;;;;;;;;;;;;;;;;;;. The molecule has 0 aliphatic heterocycles. The van der Waals surface area contributed by atoms with Crippen LogP contribution in [0.1, 0.15) is 0 Å². The zero-order valence-corrected chi connectivity index (χ0v) is 348. The Bertz CT molecular complexity index is 103. The summed E-state index contributed by atoms with van der Waals surface area (Å²) < 4.78 is 0. The van der Waals surface area contributed by atoms with Crippen molar-refractivity contribution in [1.82, 2.24) is 0 Å². The Hall–Kier alpha value is 108. The Balaban J connectivity index is -0.00000000106. The number of rotatable bonds is 1. The fourth-order valence-electron chi connectivity index (χ4n) is 0. The Labute approximate surface area is 2360 Å². The summed E-state index contributed by atoms with van der Waals surface area (Å²) in [5.74, 6) is 0. The van der Waals surface area contributed by atoms with Gasteiger partial charge in [-0.2, -0.15) is 7.05 Å². The van der Waals surface area contributed by atoms with Gasteiger partial charge < -0.3 is 11.1 Å². The van der Waals surface area contributed by atoms with Crippen LogP contribution in [0.15, 0.2) is 0 Å². The summed E-state index contributed by atoms with van der Waals surface area (Å²) in [5.41, 5.74) is 6.28. The van der Waals surface area contributed by atoms with Crippen molar-refractivity contribution in [2.45, 2.75) is 0 Å². The van der Waals surface area contributed by atoms with Gasteiger partial charge in [-0.3, -0.25) is 6.67 Å². The van der Waals surface area contributed by atoms with Gasteiger partial charge in [0, 0.05) is 1210 Å². The molecule has 0 heterocycles. The Kier molecular flexibility index (Phi) is 2540. The van der Waals surface area contributed by atoms with Gasteiger partial charge in [-0.25, -0.2) is 0 Å². The van der Waals surface area contributed by atoms with E-state index in [-0.39, 0.29) is 1280 Å². The van der Waals surface area contributed by atoms with Crippen LogP contribution in [0.25, 0.3) is 11.1 Å². The number of hydrogen-bond acceptors (Lipinski definition) is 0. The van der Waals surface area contributed by atoms with Crippen LogP contribution in [0, 0.1) is 0 Å². The molecule has 0 spiro atoms. The molecule has 0 aromatic heterocycles. The first kappa shape index (κ1) is 382. The van der Waals surface area contributed by atoms with Crippen LogP contribution in [0.3, 0.4) is 0 Å². The molecule has 76 heteroatoms. The van der Waals surface area contributed by atoms with Gasteiger partial charge in [0.15, 0.2) is 0 Å². The maximum absolute atomic E-state index is 6.28. The first-order chi connectivity index (χ1) is 19.9. The molecule has 0 aliphatic carbocycles. The van der Waals surface area contributed by atoms with Crippen LogP contribution >= 0.6 is 0 Å². The van der Waals surface area contributed by atoms with Crippen molar-refractivity contribution in [1.29, 1.82) is 0 Å². The number of nitrogens with zero attached hydrogens (tertiary/aromatic N) is 1. The topological polar surface area (TPSA) is 37.9 Å². The molecule has 0 fully saturated rings. The normalized spacial score (nSPS) is 2.23. The van der Waals surface area contributed by atoms with Crippen LogP contribution in [-0.4, -0.2) is 1230 Å². The minimum Gasteiger partial charge on any atom is 0 e. The molecule has 2 nitrogen and oxygen atoms in total. The van der Waals surface area contributed by atoms with Crippen molar-refractivity contribution < 1.29 is 1270 Å². The molecule has 0 aliphatic rings. The average molecular weight is 6510 g/mol. The van der Waals surface area contributed by atoms with Crippen LogP contribution in [0.4, 0.5) is 0 Å². The Morgan fingerprint density at radius 2 is 0.167 bits per heavy atom. The van der Waals surface area contributed by atoms with E-state index in [0.717, 1.165) is 1220 Å². The van der Waals surface area contributed by atoms with Crippen molar-refractivity contribution in [2.75, 3.05) is 13.7 Å². The van der Waals surface area contributed by atoms with E-state index in [1.807, 2.05) is 0 Å². The SMILES string of the molecule is C[N-]C[NH-].[Rb+].[Rb][Rb].[Rb][Rb].[Rb][Rb].[Rb][Rb].[Rb][Rb].[Rb][Rb].[Rb][Rb].[Rb][Rb].[Rb][Rb].[Rb][Rb].[Rb][Rb].[Rb][Rb].[Rb][Rb].[Rb][Rb].[Rb][Rb].[Rb][Rb].[Rb][Rb].[Rb][Rb].[Y].[Y].[Y].[Y].[Y].[Y].[Y].[Y].[Y].[Y].[Y].[Y].[Y].[Y].[Y].[Y].[Y].[Y].[Y].[Y].[Y].[Y].[Y].[Y].[Y].[Y].[Y].[Y].[Y].[Y].[Y].[Y].[Y].[Y].[Y].[Y].[Y]. The second-order valence-corrected chi connectivity index (χ2v) is 0.474. The maximum atomic E-state index is 6.28. The van der Waals surface area contributed by atoms with E-state index in [4.69, 9.17) is 5.73 Å². The minimum absolute atomic E-state index is 0. The molecule has 0 bridgehead atoms. The monoisotopic (exact) mass is 6490 g/mol. The van der Waals surface area contributed by atoms with Gasteiger partial charge in [0.25, 0.3) is 0 Å². The third kappa shape index (κ3) is 519. The first-order valence-corrected chi connectivity index (χ1v) is 631. The quantitative estimate of drug-likeness (QED) is 0.251. The van der Waals surface area contributed by atoms with E-state index in [0.29, 0.717) is 0 Å². The van der Waals surface area contributed by atoms with E-state index < -0.39 is 0 Å². The summed E-state index contributed by atoms with van der Waals surface area (Å²) in [6.45, 7) is 0.194.